The van der Waals surface area contributed by atoms with Crippen molar-refractivity contribution in [2.24, 2.45) is 5.73 Å². The normalized spacial score (nSPS) is 10.6. The Labute approximate surface area is 102 Å². The maximum atomic E-state index is 13.0. The molecular weight excluding hydrogens is 239 g/mol. The predicted molar refractivity (Wildman–Crippen MR) is 60.4 cm³/mol. The van der Waals surface area contributed by atoms with Crippen LogP contribution in [0.1, 0.15) is 21.7 Å². The first kappa shape index (κ1) is 12.2. The fourth-order valence-electron chi connectivity index (χ4n) is 1.64. The Morgan fingerprint density at radius 2 is 2.28 bits per heavy atom. The van der Waals surface area contributed by atoms with Crippen molar-refractivity contribution in [2.75, 3.05) is 0 Å². The van der Waals surface area contributed by atoms with Crippen molar-refractivity contribution in [3.8, 4) is 0 Å². The highest BCUT2D eigenvalue weighted by Gasteiger charge is 2.17. The molecule has 2 rings (SSSR count). The smallest absolute Gasteiger partial charge is 0.358 e. The Morgan fingerprint density at radius 3 is 2.89 bits per heavy atom. The van der Waals surface area contributed by atoms with Gasteiger partial charge in [0.25, 0.3) is 0 Å². The average molecular weight is 250 g/mol. The highest BCUT2D eigenvalue weighted by Crippen LogP contribution is 2.09. The summed E-state index contributed by atoms with van der Waals surface area (Å²) in [5.74, 6) is -1.54. The van der Waals surface area contributed by atoms with Gasteiger partial charge in [0.2, 0.25) is 0 Å². The average Bonchev–Trinajstić information content (AvgIpc) is 2.72. The molecule has 0 saturated heterocycles. The molecule has 1 heterocycles. The summed E-state index contributed by atoms with van der Waals surface area (Å²) >= 11 is 0. The van der Waals surface area contributed by atoms with Crippen LogP contribution < -0.4 is 5.73 Å². The van der Waals surface area contributed by atoms with Gasteiger partial charge in [-0.1, -0.05) is 17.3 Å². The van der Waals surface area contributed by atoms with Crippen molar-refractivity contribution in [1.29, 1.82) is 0 Å². The van der Waals surface area contributed by atoms with E-state index in [-0.39, 0.29) is 24.6 Å². The lowest BCUT2D eigenvalue weighted by molar-refractivity contribution is 0.0689. The lowest BCUT2D eigenvalue weighted by Gasteiger charge is -2.05. The van der Waals surface area contributed by atoms with Crippen molar-refractivity contribution < 1.29 is 14.3 Å². The lowest BCUT2D eigenvalue weighted by atomic mass is 10.2. The van der Waals surface area contributed by atoms with Gasteiger partial charge < -0.3 is 10.8 Å². The molecule has 0 fully saturated rings. The van der Waals surface area contributed by atoms with E-state index in [2.05, 4.69) is 10.3 Å². The molecule has 6 nitrogen and oxygen atoms in total. The van der Waals surface area contributed by atoms with E-state index in [1.807, 2.05) is 0 Å². The van der Waals surface area contributed by atoms with E-state index in [0.717, 1.165) is 0 Å². The van der Waals surface area contributed by atoms with Crippen LogP contribution in [-0.4, -0.2) is 26.1 Å². The van der Waals surface area contributed by atoms with E-state index in [0.29, 0.717) is 11.3 Å². The van der Waals surface area contributed by atoms with Gasteiger partial charge in [-0.15, -0.1) is 5.10 Å². The molecule has 0 atom stereocenters. The van der Waals surface area contributed by atoms with Crippen LogP contribution in [0.15, 0.2) is 24.3 Å². The molecule has 0 bridgehead atoms. The van der Waals surface area contributed by atoms with Crippen LogP contribution >= 0.6 is 0 Å². The second-order valence-corrected chi connectivity index (χ2v) is 3.68. The van der Waals surface area contributed by atoms with Crippen molar-refractivity contribution in [2.45, 2.75) is 13.1 Å². The summed E-state index contributed by atoms with van der Waals surface area (Å²) < 4.78 is 14.4. The van der Waals surface area contributed by atoms with Gasteiger partial charge in [-0.3, -0.25) is 0 Å². The number of aromatic nitrogens is 3. The topological polar surface area (TPSA) is 94.0 Å². The van der Waals surface area contributed by atoms with Crippen LogP contribution in [0.2, 0.25) is 0 Å². The predicted octanol–water partition coefficient (Wildman–Crippen LogP) is 0.622. The first-order valence-corrected chi connectivity index (χ1v) is 5.22. The summed E-state index contributed by atoms with van der Waals surface area (Å²) in [4.78, 5) is 10.9. The first-order valence-electron chi connectivity index (χ1n) is 5.22. The molecular formula is C11H11FN4O2. The molecule has 1 aromatic heterocycles. The third-order valence-electron chi connectivity index (χ3n) is 2.45. The molecule has 94 valence electrons. The SMILES string of the molecule is NCc1c(C(=O)O)nnn1Cc1cccc(F)c1. The maximum Gasteiger partial charge on any atom is 0.358 e. The first-order chi connectivity index (χ1) is 8.61. The Bertz CT molecular complexity index is 582. The highest BCUT2D eigenvalue weighted by molar-refractivity contribution is 5.86. The molecule has 2 aromatic rings. The van der Waals surface area contributed by atoms with Gasteiger partial charge in [0.05, 0.1) is 12.2 Å². The second-order valence-electron chi connectivity index (χ2n) is 3.68. The molecule has 3 N–H and O–H groups in total. The Hall–Kier alpha value is -2.28. The number of halogens is 1. The molecule has 0 aliphatic heterocycles. The second kappa shape index (κ2) is 4.92. The van der Waals surface area contributed by atoms with Crippen molar-refractivity contribution in [3.05, 3.63) is 47.0 Å². The molecule has 0 unspecified atom stereocenters. The Kier molecular flexibility index (Phi) is 3.33. The fourth-order valence-corrected chi connectivity index (χ4v) is 1.64. The van der Waals surface area contributed by atoms with Gasteiger partial charge in [0, 0.05) is 6.54 Å². The van der Waals surface area contributed by atoms with Crippen molar-refractivity contribution >= 4 is 5.97 Å². The molecule has 1 aromatic carbocycles. The van der Waals surface area contributed by atoms with E-state index in [1.165, 1.54) is 16.8 Å². The van der Waals surface area contributed by atoms with Crippen molar-refractivity contribution in [3.63, 3.8) is 0 Å². The molecule has 0 aliphatic rings. The van der Waals surface area contributed by atoms with Crippen LogP contribution in [0.3, 0.4) is 0 Å². The van der Waals surface area contributed by atoms with Crippen LogP contribution in [-0.2, 0) is 13.1 Å². The summed E-state index contributed by atoms with van der Waals surface area (Å²) in [7, 11) is 0. The number of carboxylic acids is 1. The highest BCUT2D eigenvalue weighted by atomic mass is 19.1. The summed E-state index contributed by atoms with van der Waals surface area (Å²) in [5.41, 5.74) is 6.28. The van der Waals surface area contributed by atoms with Gasteiger partial charge in [-0.05, 0) is 17.7 Å². The van der Waals surface area contributed by atoms with E-state index in [1.54, 1.807) is 12.1 Å². The van der Waals surface area contributed by atoms with Gasteiger partial charge in [0.1, 0.15) is 5.82 Å². The number of aromatic carboxylic acids is 1. The van der Waals surface area contributed by atoms with E-state index >= 15 is 0 Å². The Balaban J connectivity index is 2.32. The third-order valence-corrected chi connectivity index (χ3v) is 2.45. The number of rotatable bonds is 4. The minimum Gasteiger partial charge on any atom is -0.476 e. The number of carboxylic acid groups (broad SMARTS) is 1. The van der Waals surface area contributed by atoms with Crippen LogP contribution in [0.5, 0.6) is 0 Å². The number of hydrogen-bond donors (Lipinski definition) is 2. The molecule has 0 aliphatic carbocycles. The zero-order valence-electron chi connectivity index (χ0n) is 9.38. The standard InChI is InChI=1S/C11H11FN4O2/c12-8-3-1-2-7(4-8)6-16-9(5-13)10(11(17)18)14-15-16/h1-4H,5-6,13H2,(H,17,18). The van der Waals surface area contributed by atoms with E-state index in [9.17, 15) is 9.18 Å². The maximum absolute atomic E-state index is 13.0. The van der Waals surface area contributed by atoms with Crippen LogP contribution in [0.25, 0.3) is 0 Å². The molecule has 18 heavy (non-hydrogen) atoms. The van der Waals surface area contributed by atoms with Crippen molar-refractivity contribution in [1.82, 2.24) is 15.0 Å². The quantitative estimate of drug-likeness (QED) is 0.829. The largest absolute Gasteiger partial charge is 0.476 e. The molecule has 0 saturated carbocycles. The minimum atomic E-state index is -1.18. The minimum absolute atomic E-state index is 0.00392. The van der Waals surface area contributed by atoms with Gasteiger partial charge in [0.15, 0.2) is 5.69 Å². The van der Waals surface area contributed by atoms with Gasteiger partial charge in [-0.2, -0.15) is 0 Å². The number of nitrogens with zero attached hydrogens (tertiary/aromatic N) is 3. The van der Waals surface area contributed by atoms with E-state index < -0.39 is 5.97 Å². The zero-order chi connectivity index (χ0) is 13.1. The summed E-state index contributed by atoms with van der Waals surface area (Å²) in [5, 5.41) is 16.2. The molecule has 7 heteroatoms. The molecule has 0 radical (unpaired) electrons. The summed E-state index contributed by atoms with van der Waals surface area (Å²) in [6, 6.07) is 5.97. The van der Waals surface area contributed by atoms with Crippen LogP contribution in [0, 0.1) is 5.82 Å². The third kappa shape index (κ3) is 2.35. The van der Waals surface area contributed by atoms with Crippen LogP contribution in [0.4, 0.5) is 4.39 Å². The monoisotopic (exact) mass is 250 g/mol. The zero-order valence-corrected chi connectivity index (χ0v) is 9.38. The Morgan fingerprint density at radius 1 is 1.50 bits per heavy atom. The number of benzene rings is 1. The van der Waals surface area contributed by atoms with Gasteiger partial charge >= 0.3 is 5.97 Å². The number of carbonyl (C=O) groups is 1. The number of nitrogens with two attached hydrogens (primary N) is 1. The molecule has 0 amide bonds. The molecule has 0 spiro atoms. The fraction of sp³-hybridized carbons (Fsp3) is 0.182. The van der Waals surface area contributed by atoms with E-state index in [4.69, 9.17) is 10.8 Å². The number of hydrogen-bond acceptors (Lipinski definition) is 4. The summed E-state index contributed by atoms with van der Waals surface area (Å²) in [6.07, 6.45) is 0. The van der Waals surface area contributed by atoms with Gasteiger partial charge in [-0.25, -0.2) is 13.9 Å². The lowest BCUT2D eigenvalue weighted by Crippen LogP contribution is -2.13. The summed E-state index contributed by atoms with van der Waals surface area (Å²) in [6.45, 7) is 0.231.